The van der Waals surface area contributed by atoms with Crippen molar-refractivity contribution in [2.45, 2.75) is 13.8 Å². The number of benzene rings is 2. The van der Waals surface area contributed by atoms with Crippen LogP contribution in [0, 0.1) is 13.8 Å². The standard InChI is InChI=1S/C16H17BrN2S/c1-10-7-11(2)9-12(8-10)19(3)14-6-4-5-13(17)15(14)16(18)20/h4-9H,1-3H3,(H2,18,20). The Kier molecular flexibility index (Phi) is 4.45. The van der Waals surface area contributed by atoms with Gasteiger partial charge in [-0.2, -0.15) is 0 Å². The molecule has 2 N–H and O–H groups in total. The molecule has 2 aromatic rings. The summed E-state index contributed by atoms with van der Waals surface area (Å²) in [5.74, 6) is 0. The summed E-state index contributed by atoms with van der Waals surface area (Å²) in [4.78, 5) is 2.50. The van der Waals surface area contributed by atoms with Gasteiger partial charge in [0.1, 0.15) is 4.99 Å². The van der Waals surface area contributed by atoms with Crippen molar-refractivity contribution in [3.05, 3.63) is 57.6 Å². The van der Waals surface area contributed by atoms with E-state index in [9.17, 15) is 0 Å². The van der Waals surface area contributed by atoms with Gasteiger partial charge in [0.2, 0.25) is 0 Å². The maximum atomic E-state index is 5.87. The average molecular weight is 349 g/mol. The van der Waals surface area contributed by atoms with E-state index < -0.39 is 0 Å². The van der Waals surface area contributed by atoms with E-state index >= 15 is 0 Å². The molecule has 2 rings (SSSR count). The Labute approximate surface area is 133 Å². The first kappa shape index (κ1) is 15.0. The van der Waals surface area contributed by atoms with E-state index in [4.69, 9.17) is 18.0 Å². The molecule has 0 radical (unpaired) electrons. The highest BCUT2D eigenvalue weighted by Crippen LogP contribution is 2.32. The molecule has 0 saturated heterocycles. The van der Waals surface area contributed by atoms with Gasteiger partial charge in [0.05, 0.1) is 5.69 Å². The number of thiocarbonyl (C=S) groups is 1. The van der Waals surface area contributed by atoms with Crippen LogP contribution in [-0.2, 0) is 0 Å². The fourth-order valence-corrected chi connectivity index (χ4v) is 3.23. The number of hydrogen-bond acceptors (Lipinski definition) is 2. The zero-order valence-electron chi connectivity index (χ0n) is 11.8. The summed E-state index contributed by atoms with van der Waals surface area (Å²) in [5.41, 5.74) is 11.3. The summed E-state index contributed by atoms with van der Waals surface area (Å²) in [5, 5.41) is 0. The van der Waals surface area contributed by atoms with Gasteiger partial charge in [0, 0.05) is 22.8 Å². The van der Waals surface area contributed by atoms with E-state index in [0.717, 1.165) is 21.4 Å². The van der Waals surface area contributed by atoms with E-state index in [-0.39, 0.29) is 0 Å². The van der Waals surface area contributed by atoms with Gasteiger partial charge in [-0.1, -0.05) is 24.4 Å². The Morgan fingerprint density at radius 1 is 1.15 bits per heavy atom. The summed E-state index contributed by atoms with van der Waals surface area (Å²) in [7, 11) is 2.03. The second-order valence-electron chi connectivity index (χ2n) is 4.90. The van der Waals surface area contributed by atoms with Crippen LogP contribution >= 0.6 is 28.1 Å². The third-order valence-corrected chi connectivity index (χ3v) is 4.06. The molecule has 2 nitrogen and oxygen atoms in total. The van der Waals surface area contributed by atoms with E-state index in [0.29, 0.717) is 4.99 Å². The Balaban J connectivity index is 2.56. The number of halogens is 1. The van der Waals surface area contributed by atoms with Crippen LogP contribution in [0.2, 0.25) is 0 Å². The number of anilines is 2. The predicted molar refractivity (Wildman–Crippen MR) is 94.0 cm³/mol. The van der Waals surface area contributed by atoms with E-state index in [2.05, 4.69) is 52.9 Å². The van der Waals surface area contributed by atoms with Gasteiger partial charge in [-0.25, -0.2) is 0 Å². The summed E-state index contributed by atoms with van der Waals surface area (Å²) in [6, 6.07) is 12.4. The van der Waals surface area contributed by atoms with Gasteiger partial charge < -0.3 is 10.6 Å². The maximum absolute atomic E-state index is 5.87. The van der Waals surface area contributed by atoms with Crippen molar-refractivity contribution in [2.75, 3.05) is 11.9 Å². The van der Waals surface area contributed by atoms with Crippen LogP contribution in [0.3, 0.4) is 0 Å². The van der Waals surface area contributed by atoms with Crippen LogP contribution in [0.4, 0.5) is 11.4 Å². The molecule has 104 valence electrons. The number of aryl methyl sites for hydroxylation is 2. The first-order valence-electron chi connectivity index (χ1n) is 6.30. The zero-order chi connectivity index (χ0) is 14.9. The van der Waals surface area contributed by atoms with Crippen LogP contribution in [0.5, 0.6) is 0 Å². The molecule has 0 aromatic heterocycles. The number of rotatable bonds is 3. The first-order chi connectivity index (χ1) is 9.40. The van der Waals surface area contributed by atoms with Gasteiger partial charge >= 0.3 is 0 Å². The zero-order valence-corrected chi connectivity index (χ0v) is 14.2. The molecule has 0 spiro atoms. The molecule has 0 aliphatic carbocycles. The summed E-state index contributed by atoms with van der Waals surface area (Å²) in [6.45, 7) is 4.19. The topological polar surface area (TPSA) is 29.3 Å². The highest BCUT2D eigenvalue weighted by molar-refractivity contribution is 9.10. The van der Waals surface area contributed by atoms with Crippen LogP contribution < -0.4 is 10.6 Å². The number of hydrogen-bond donors (Lipinski definition) is 1. The van der Waals surface area contributed by atoms with Crippen LogP contribution in [0.15, 0.2) is 40.9 Å². The lowest BCUT2D eigenvalue weighted by atomic mass is 10.1. The van der Waals surface area contributed by atoms with Crippen molar-refractivity contribution in [1.82, 2.24) is 0 Å². The Morgan fingerprint density at radius 3 is 2.30 bits per heavy atom. The second kappa shape index (κ2) is 5.94. The molecule has 20 heavy (non-hydrogen) atoms. The quantitative estimate of drug-likeness (QED) is 0.829. The lowest BCUT2D eigenvalue weighted by molar-refractivity contribution is 1.18. The molecule has 0 fully saturated rings. The number of nitrogens with zero attached hydrogens (tertiary/aromatic N) is 1. The Hall–Kier alpha value is -1.39. The largest absolute Gasteiger partial charge is 0.389 e. The first-order valence-corrected chi connectivity index (χ1v) is 7.50. The van der Waals surface area contributed by atoms with Crippen molar-refractivity contribution >= 4 is 44.5 Å². The van der Waals surface area contributed by atoms with Crippen molar-refractivity contribution in [1.29, 1.82) is 0 Å². The molecule has 2 aromatic carbocycles. The van der Waals surface area contributed by atoms with E-state index in [1.54, 1.807) is 0 Å². The fraction of sp³-hybridized carbons (Fsp3) is 0.188. The highest BCUT2D eigenvalue weighted by atomic mass is 79.9. The fourth-order valence-electron chi connectivity index (χ4n) is 2.32. The maximum Gasteiger partial charge on any atom is 0.107 e. The monoisotopic (exact) mass is 348 g/mol. The molecule has 0 aliphatic heterocycles. The van der Waals surface area contributed by atoms with Crippen molar-refractivity contribution in [2.24, 2.45) is 5.73 Å². The molecule has 0 heterocycles. The third-order valence-electron chi connectivity index (χ3n) is 3.19. The second-order valence-corrected chi connectivity index (χ2v) is 6.20. The third kappa shape index (κ3) is 3.02. The molecular formula is C16H17BrN2S. The minimum Gasteiger partial charge on any atom is -0.389 e. The van der Waals surface area contributed by atoms with Gasteiger partial charge in [-0.05, 0) is 65.2 Å². The lowest BCUT2D eigenvalue weighted by Gasteiger charge is -2.24. The molecule has 0 atom stereocenters. The summed E-state index contributed by atoms with van der Waals surface area (Å²) < 4.78 is 0.915. The molecular weight excluding hydrogens is 332 g/mol. The van der Waals surface area contributed by atoms with Crippen LogP contribution in [-0.4, -0.2) is 12.0 Å². The molecule has 4 heteroatoms. The smallest absolute Gasteiger partial charge is 0.107 e. The number of nitrogens with two attached hydrogens (primary N) is 1. The van der Waals surface area contributed by atoms with Crippen LogP contribution in [0.25, 0.3) is 0 Å². The molecule has 0 saturated carbocycles. The van der Waals surface area contributed by atoms with E-state index in [1.165, 1.54) is 11.1 Å². The minimum absolute atomic E-state index is 0.392. The molecule has 0 aliphatic rings. The van der Waals surface area contributed by atoms with E-state index in [1.807, 2.05) is 25.2 Å². The van der Waals surface area contributed by atoms with Crippen LogP contribution in [0.1, 0.15) is 16.7 Å². The van der Waals surface area contributed by atoms with Gasteiger partial charge in [0.25, 0.3) is 0 Å². The Bertz CT molecular complexity index is 647. The lowest BCUT2D eigenvalue weighted by Crippen LogP contribution is -2.18. The minimum atomic E-state index is 0.392. The van der Waals surface area contributed by atoms with Crippen molar-refractivity contribution in [3.8, 4) is 0 Å². The van der Waals surface area contributed by atoms with Gasteiger partial charge in [0.15, 0.2) is 0 Å². The highest BCUT2D eigenvalue weighted by Gasteiger charge is 2.14. The van der Waals surface area contributed by atoms with Crippen molar-refractivity contribution in [3.63, 3.8) is 0 Å². The van der Waals surface area contributed by atoms with Gasteiger partial charge in [-0.15, -0.1) is 0 Å². The molecule has 0 bridgehead atoms. The normalized spacial score (nSPS) is 10.4. The van der Waals surface area contributed by atoms with Gasteiger partial charge in [-0.3, -0.25) is 0 Å². The van der Waals surface area contributed by atoms with Crippen molar-refractivity contribution < 1.29 is 0 Å². The molecule has 0 unspecified atom stereocenters. The molecule has 0 amide bonds. The summed E-state index contributed by atoms with van der Waals surface area (Å²) in [6.07, 6.45) is 0. The average Bonchev–Trinajstić information content (AvgIpc) is 2.35. The summed E-state index contributed by atoms with van der Waals surface area (Å²) >= 11 is 8.70. The Morgan fingerprint density at radius 2 is 1.75 bits per heavy atom. The SMILES string of the molecule is Cc1cc(C)cc(N(C)c2cccc(Br)c2C(N)=S)c1. The predicted octanol–water partition coefficient (Wildman–Crippen LogP) is 4.47.